The summed E-state index contributed by atoms with van der Waals surface area (Å²) in [7, 11) is -4.17. The van der Waals surface area contributed by atoms with Crippen molar-refractivity contribution in [2.45, 2.75) is 23.9 Å². The van der Waals surface area contributed by atoms with E-state index in [1.54, 1.807) is 6.07 Å². The van der Waals surface area contributed by atoms with Crippen molar-refractivity contribution in [1.82, 2.24) is 4.31 Å². The SMILES string of the molecule is NC(=O)[C@@H]1Cc2ccccc2CN1S(=O)(=O)c1cc2c(cc1Cl)NC(=O)CO2. The van der Waals surface area contributed by atoms with Crippen LogP contribution < -0.4 is 15.8 Å². The number of carbonyl (C=O) groups is 2. The third-order valence-electron chi connectivity index (χ3n) is 4.79. The zero-order valence-corrected chi connectivity index (χ0v) is 16.1. The average Bonchev–Trinajstić information content (AvgIpc) is 2.66. The van der Waals surface area contributed by atoms with E-state index >= 15 is 0 Å². The molecule has 2 aromatic rings. The minimum Gasteiger partial charge on any atom is -0.482 e. The van der Waals surface area contributed by atoms with Gasteiger partial charge in [-0.15, -0.1) is 0 Å². The maximum atomic E-state index is 13.4. The predicted octanol–water partition coefficient (Wildman–Crippen LogP) is 1.27. The highest BCUT2D eigenvalue weighted by molar-refractivity contribution is 7.89. The number of rotatable bonds is 3. The number of carbonyl (C=O) groups excluding carboxylic acids is 2. The number of hydrogen-bond donors (Lipinski definition) is 2. The van der Waals surface area contributed by atoms with Gasteiger partial charge in [-0.25, -0.2) is 8.42 Å². The Bertz CT molecular complexity index is 1100. The molecule has 1 atom stereocenters. The van der Waals surface area contributed by atoms with E-state index in [-0.39, 0.29) is 46.8 Å². The van der Waals surface area contributed by atoms with E-state index in [0.717, 1.165) is 15.4 Å². The first-order valence-corrected chi connectivity index (χ1v) is 10.2. The van der Waals surface area contributed by atoms with E-state index in [1.165, 1.54) is 12.1 Å². The van der Waals surface area contributed by atoms with Crippen molar-refractivity contribution in [2.75, 3.05) is 11.9 Å². The zero-order chi connectivity index (χ0) is 20.1. The quantitative estimate of drug-likeness (QED) is 0.773. The minimum absolute atomic E-state index is 0.00286. The van der Waals surface area contributed by atoms with Gasteiger partial charge in [-0.05, 0) is 23.6 Å². The molecule has 0 radical (unpaired) electrons. The van der Waals surface area contributed by atoms with Crippen molar-refractivity contribution in [3.05, 3.63) is 52.5 Å². The molecule has 0 aliphatic carbocycles. The molecule has 0 bridgehead atoms. The molecule has 0 saturated heterocycles. The highest BCUT2D eigenvalue weighted by atomic mass is 35.5. The Labute approximate surface area is 166 Å². The summed E-state index contributed by atoms with van der Waals surface area (Å²) in [6.45, 7) is -0.230. The number of halogens is 1. The molecule has 0 aromatic heterocycles. The smallest absolute Gasteiger partial charge is 0.262 e. The molecular weight excluding hydrogens is 406 g/mol. The summed E-state index contributed by atoms with van der Waals surface area (Å²) in [5.41, 5.74) is 7.46. The molecule has 8 nitrogen and oxygen atoms in total. The Kier molecular flexibility index (Phi) is 4.53. The predicted molar refractivity (Wildman–Crippen MR) is 101 cm³/mol. The maximum absolute atomic E-state index is 13.4. The second kappa shape index (κ2) is 6.77. The summed E-state index contributed by atoms with van der Waals surface area (Å²) in [5, 5.41) is 2.48. The molecule has 2 aliphatic rings. The number of ether oxygens (including phenoxy) is 1. The number of nitrogens with two attached hydrogens (primary N) is 1. The first-order chi connectivity index (χ1) is 13.3. The number of amides is 2. The third-order valence-corrected chi connectivity index (χ3v) is 7.11. The molecule has 2 heterocycles. The molecule has 28 heavy (non-hydrogen) atoms. The normalized spacial score (nSPS) is 19.2. The minimum atomic E-state index is -4.17. The lowest BCUT2D eigenvalue weighted by atomic mass is 9.96. The van der Waals surface area contributed by atoms with Gasteiger partial charge in [-0.1, -0.05) is 35.9 Å². The standard InChI is InChI=1S/C18H16ClN3O5S/c19-12-6-13-15(27-9-17(23)21-13)7-16(12)28(25,26)22-8-11-4-2-1-3-10(11)5-14(22)18(20)24/h1-4,6-7,14H,5,8-9H2,(H2,20,24)(H,21,23)/t14-/m0/s1. The Balaban J connectivity index is 1.79. The van der Waals surface area contributed by atoms with Gasteiger partial charge >= 0.3 is 0 Å². The van der Waals surface area contributed by atoms with Gasteiger partial charge in [0.2, 0.25) is 15.9 Å². The molecule has 0 unspecified atom stereocenters. The monoisotopic (exact) mass is 421 g/mol. The van der Waals surface area contributed by atoms with Gasteiger partial charge in [0.1, 0.15) is 16.7 Å². The molecule has 0 saturated carbocycles. The van der Waals surface area contributed by atoms with Gasteiger partial charge in [0.15, 0.2) is 6.61 Å². The third kappa shape index (κ3) is 3.11. The Morgan fingerprint density at radius 3 is 2.68 bits per heavy atom. The summed E-state index contributed by atoms with van der Waals surface area (Å²) in [6.07, 6.45) is 0.180. The summed E-state index contributed by atoms with van der Waals surface area (Å²) >= 11 is 6.21. The number of primary amides is 1. The number of nitrogens with zero attached hydrogens (tertiary/aromatic N) is 1. The van der Waals surface area contributed by atoms with Crippen molar-refractivity contribution in [1.29, 1.82) is 0 Å². The fourth-order valence-corrected chi connectivity index (χ4v) is 5.49. The lowest BCUT2D eigenvalue weighted by Gasteiger charge is -2.34. The van der Waals surface area contributed by atoms with Crippen molar-refractivity contribution < 1.29 is 22.7 Å². The van der Waals surface area contributed by atoms with Crippen LogP contribution in [0.3, 0.4) is 0 Å². The van der Waals surface area contributed by atoms with Crippen molar-refractivity contribution in [3.8, 4) is 5.75 Å². The molecule has 3 N–H and O–H groups in total. The van der Waals surface area contributed by atoms with Gasteiger partial charge < -0.3 is 15.8 Å². The van der Waals surface area contributed by atoms with E-state index in [1.807, 2.05) is 18.2 Å². The number of benzene rings is 2. The highest BCUT2D eigenvalue weighted by Gasteiger charge is 2.40. The Hall–Kier alpha value is -2.62. The number of sulfonamides is 1. The molecule has 0 fully saturated rings. The molecule has 4 rings (SSSR count). The van der Waals surface area contributed by atoms with Crippen LogP contribution in [-0.2, 0) is 32.6 Å². The maximum Gasteiger partial charge on any atom is 0.262 e. The summed E-state index contributed by atoms with van der Waals surface area (Å²) < 4.78 is 33.1. The van der Waals surface area contributed by atoms with E-state index in [2.05, 4.69) is 5.32 Å². The molecule has 0 spiro atoms. The second-order valence-electron chi connectivity index (χ2n) is 6.56. The average molecular weight is 422 g/mol. The van der Waals surface area contributed by atoms with E-state index in [9.17, 15) is 18.0 Å². The fraction of sp³-hybridized carbons (Fsp3) is 0.222. The molecule has 2 aliphatic heterocycles. The van der Waals surface area contributed by atoms with Gasteiger partial charge in [0.25, 0.3) is 5.91 Å². The lowest BCUT2D eigenvalue weighted by molar-refractivity contribution is -0.122. The van der Waals surface area contributed by atoms with Gasteiger partial charge in [0, 0.05) is 12.6 Å². The first kappa shape index (κ1) is 18.7. The van der Waals surface area contributed by atoms with Crippen molar-refractivity contribution in [3.63, 3.8) is 0 Å². The molecule has 2 amide bonds. The number of nitrogens with one attached hydrogen (secondary N) is 1. The van der Waals surface area contributed by atoms with E-state index in [4.69, 9.17) is 22.1 Å². The number of anilines is 1. The summed E-state index contributed by atoms with van der Waals surface area (Å²) in [5.74, 6) is -0.910. The molecule has 10 heteroatoms. The zero-order valence-electron chi connectivity index (χ0n) is 14.5. The Morgan fingerprint density at radius 1 is 1.25 bits per heavy atom. The molecule has 2 aromatic carbocycles. The van der Waals surface area contributed by atoms with Gasteiger partial charge in [0.05, 0.1) is 10.7 Å². The molecule has 146 valence electrons. The van der Waals surface area contributed by atoms with Crippen LogP contribution in [0.4, 0.5) is 5.69 Å². The van der Waals surface area contributed by atoms with Crippen LogP contribution in [0, 0.1) is 0 Å². The largest absolute Gasteiger partial charge is 0.482 e. The van der Waals surface area contributed by atoms with Crippen LogP contribution in [0.5, 0.6) is 5.75 Å². The highest BCUT2D eigenvalue weighted by Crippen LogP contribution is 2.38. The molecular formula is C18H16ClN3O5S. The van der Waals surface area contributed by atoms with Crippen LogP contribution >= 0.6 is 11.6 Å². The van der Waals surface area contributed by atoms with Crippen LogP contribution in [0.25, 0.3) is 0 Å². The van der Waals surface area contributed by atoms with Crippen LogP contribution in [0.15, 0.2) is 41.3 Å². The van der Waals surface area contributed by atoms with Crippen molar-refractivity contribution in [2.24, 2.45) is 5.73 Å². The van der Waals surface area contributed by atoms with Crippen LogP contribution in [0.2, 0.25) is 5.02 Å². The lowest BCUT2D eigenvalue weighted by Crippen LogP contribution is -2.51. The number of fused-ring (bicyclic) bond motifs is 2. The van der Waals surface area contributed by atoms with Crippen LogP contribution in [-0.4, -0.2) is 37.2 Å². The topological polar surface area (TPSA) is 119 Å². The fourth-order valence-electron chi connectivity index (χ4n) is 3.40. The first-order valence-electron chi connectivity index (χ1n) is 8.41. The van der Waals surface area contributed by atoms with Gasteiger partial charge in [-0.2, -0.15) is 4.31 Å². The summed E-state index contributed by atoms with van der Waals surface area (Å²) in [4.78, 5) is 23.2. The second-order valence-corrected chi connectivity index (χ2v) is 8.82. The Morgan fingerprint density at radius 2 is 1.96 bits per heavy atom. The summed E-state index contributed by atoms with van der Waals surface area (Å²) in [6, 6.07) is 8.82. The number of hydrogen-bond acceptors (Lipinski definition) is 5. The van der Waals surface area contributed by atoms with Crippen molar-refractivity contribution >= 4 is 39.1 Å². The van der Waals surface area contributed by atoms with Gasteiger partial charge in [-0.3, -0.25) is 9.59 Å². The van der Waals surface area contributed by atoms with Crippen LogP contribution in [0.1, 0.15) is 11.1 Å². The van der Waals surface area contributed by atoms with E-state index in [0.29, 0.717) is 0 Å². The van der Waals surface area contributed by atoms with E-state index < -0.39 is 22.0 Å².